The van der Waals surface area contributed by atoms with Gasteiger partial charge in [0.2, 0.25) is 0 Å². The van der Waals surface area contributed by atoms with Gasteiger partial charge in [0.1, 0.15) is 5.82 Å². The van der Waals surface area contributed by atoms with Gasteiger partial charge in [-0.1, -0.05) is 55.7 Å². The summed E-state index contributed by atoms with van der Waals surface area (Å²) in [5.41, 5.74) is 2.79. The molecule has 25 heavy (non-hydrogen) atoms. The van der Waals surface area contributed by atoms with Crippen LogP contribution in [-0.4, -0.2) is 22.5 Å². The van der Waals surface area contributed by atoms with Crippen molar-refractivity contribution in [3.63, 3.8) is 0 Å². The van der Waals surface area contributed by atoms with E-state index >= 15 is 0 Å². The van der Waals surface area contributed by atoms with E-state index in [2.05, 4.69) is 52.7 Å². The number of nitrogens with one attached hydrogen (secondary N) is 1. The predicted molar refractivity (Wildman–Crippen MR) is 104 cm³/mol. The van der Waals surface area contributed by atoms with Gasteiger partial charge in [-0.2, -0.15) is 0 Å². The molecule has 0 unspecified atom stereocenters. The summed E-state index contributed by atoms with van der Waals surface area (Å²) in [4.78, 5) is 7.34. The molecule has 132 valence electrons. The van der Waals surface area contributed by atoms with Gasteiger partial charge >= 0.3 is 0 Å². The van der Waals surface area contributed by atoms with Crippen molar-refractivity contribution in [2.45, 2.75) is 63.6 Å². The van der Waals surface area contributed by atoms with Crippen LogP contribution in [0.1, 0.15) is 62.1 Å². The Labute approximate surface area is 151 Å². The zero-order chi connectivity index (χ0) is 16.9. The first kappa shape index (κ1) is 16.6. The fourth-order valence-corrected chi connectivity index (χ4v) is 4.43. The average molecular weight is 335 g/mol. The van der Waals surface area contributed by atoms with Gasteiger partial charge in [0.15, 0.2) is 0 Å². The van der Waals surface area contributed by atoms with Gasteiger partial charge in [0, 0.05) is 30.4 Å². The topological polar surface area (TPSA) is 28.2 Å². The lowest BCUT2D eigenvalue weighted by molar-refractivity contribution is 0.248. The molecular formula is C22H29N3. The predicted octanol–water partition coefficient (Wildman–Crippen LogP) is 5.16. The normalized spacial score (nSPS) is 22.2. The number of hydrogen-bond donors (Lipinski definition) is 1. The largest absolute Gasteiger partial charge is 0.367 e. The highest BCUT2D eigenvalue weighted by atomic mass is 15.2. The molecule has 1 aromatic carbocycles. The zero-order valence-corrected chi connectivity index (χ0v) is 15.0. The Hall–Kier alpha value is -1.87. The Morgan fingerprint density at radius 3 is 2.60 bits per heavy atom. The fraction of sp³-hybridized carbons (Fsp3) is 0.500. The van der Waals surface area contributed by atoms with E-state index in [0.29, 0.717) is 12.1 Å². The van der Waals surface area contributed by atoms with Crippen molar-refractivity contribution in [1.29, 1.82) is 0 Å². The minimum atomic E-state index is 0.486. The highest BCUT2D eigenvalue weighted by Crippen LogP contribution is 2.36. The van der Waals surface area contributed by atoms with Gasteiger partial charge in [0.25, 0.3) is 0 Å². The molecule has 1 atom stereocenters. The minimum absolute atomic E-state index is 0.486. The van der Waals surface area contributed by atoms with Gasteiger partial charge in [-0.15, -0.1) is 0 Å². The Kier molecular flexibility index (Phi) is 5.31. The van der Waals surface area contributed by atoms with Gasteiger partial charge in [-0.25, -0.2) is 4.98 Å². The second-order valence-corrected chi connectivity index (χ2v) is 7.53. The third-order valence-corrected chi connectivity index (χ3v) is 5.74. The van der Waals surface area contributed by atoms with Crippen molar-refractivity contribution in [2.24, 2.45) is 0 Å². The Balaban J connectivity index is 1.51. The molecule has 2 fully saturated rings. The highest BCUT2D eigenvalue weighted by Gasteiger charge is 2.28. The standard InChI is InChI=1S/C22H29N3/c1-3-9-18(10-4-1)17-25-16-8-14-21(25)20-13-7-15-23-22(20)24-19-11-5-2-6-12-19/h1,3-4,7,9-10,13,15,19,21H,2,5-6,8,11-12,14,16-17H2,(H,23,24)/t21-/m0/s1. The molecule has 0 amide bonds. The molecule has 2 aromatic rings. The third-order valence-electron chi connectivity index (χ3n) is 5.74. The number of anilines is 1. The van der Waals surface area contributed by atoms with E-state index in [9.17, 15) is 0 Å². The van der Waals surface area contributed by atoms with Crippen LogP contribution >= 0.6 is 0 Å². The lowest BCUT2D eigenvalue weighted by atomic mass is 9.95. The van der Waals surface area contributed by atoms with E-state index in [1.807, 2.05) is 6.20 Å². The van der Waals surface area contributed by atoms with Crippen LogP contribution in [0.25, 0.3) is 0 Å². The van der Waals surface area contributed by atoms with E-state index in [1.54, 1.807) is 0 Å². The summed E-state index contributed by atoms with van der Waals surface area (Å²) in [5, 5.41) is 3.77. The van der Waals surface area contributed by atoms with E-state index in [-0.39, 0.29) is 0 Å². The van der Waals surface area contributed by atoms with E-state index in [1.165, 1.54) is 62.6 Å². The molecule has 2 heterocycles. The smallest absolute Gasteiger partial charge is 0.130 e. The van der Waals surface area contributed by atoms with Crippen LogP contribution in [-0.2, 0) is 6.54 Å². The monoisotopic (exact) mass is 335 g/mol. The van der Waals surface area contributed by atoms with Crippen LogP contribution in [0, 0.1) is 0 Å². The quantitative estimate of drug-likeness (QED) is 0.817. The number of benzene rings is 1. The molecular weight excluding hydrogens is 306 g/mol. The number of pyridine rings is 1. The molecule has 0 spiro atoms. The molecule has 2 aliphatic rings. The van der Waals surface area contributed by atoms with E-state index in [4.69, 9.17) is 4.98 Å². The molecule has 1 aromatic heterocycles. The fourth-order valence-electron chi connectivity index (χ4n) is 4.43. The maximum Gasteiger partial charge on any atom is 0.130 e. The summed E-state index contributed by atoms with van der Waals surface area (Å²) in [6, 6.07) is 16.3. The first-order valence-corrected chi connectivity index (χ1v) is 9.89. The number of aromatic nitrogens is 1. The van der Waals surface area contributed by atoms with Crippen molar-refractivity contribution in [3.05, 3.63) is 59.8 Å². The van der Waals surface area contributed by atoms with Gasteiger partial charge < -0.3 is 5.32 Å². The summed E-state index contributed by atoms with van der Waals surface area (Å²) in [6.45, 7) is 2.21. The first-order valence-electron chi connectivity index (χ1n) is 9.89. The van der Waals surface area contributed by atoms with Crippen molar-refractivity contribution in [2.75, 3.05) is 11.9 Å². The molecule has 3 heteroatoms. The Bertz CT molecular complexity index is 664. The van der Waals surface area contributed by atoms with Crippen LogP contribution < -0.4 is 5.32 Å². The van der Waals surface area contributed by atoms with Crippen LogP contribution in [0.5, 0.6) is 0 Å². The molecule has 1 aliphatic heterocycles. The molecule has 0 bridgehead atoms. The number of nitrogens with zero attached hydrogens (tertiary/aromatic N) is 2. The lowest BCUT2D eigenvalue weighted by Gasteiger charge is -2.29. The van der Waals surface area contributed by atoms with Crippen LogP contribution in [0.2, 0.25) is 0 Å². The molecule has 0 radical (unpaired) electrons. The Morgan fingerprint density at radius 2 is 1.76 bits per heavy atom. The maximum absolute atomic E-state index is 4.72. The second-order valence-electron chi connectivity index (χ2n) is 7.53. The highest BCUT2D eigenvalue weighted by molar-refractivity contribution is 5.47. The molecule has 1 aliphatic carbocycles. The molecule has 1 saturated heterocycles. The van der Waals surface area contributed by atoms with E-state index < -0.39 is 0 Å². The molecule has 3 nitrogen and oxygen atoms in total. The third kappa shape index (κ3) is 4.04. The van der Waals surface area contributed by atoms with Crippen LogP contribution in [0.4, 0.5) is 5.82 Å². The second kappa shape index (κ2) is 8.01. The van der Waals surface area contributed by atoms with Crippen molar-refractivity contribution < 1.29 is 0 Å². The van der Waals surface area contributed by atoms with Crippen molar-refractivity contribution in [3.8, 4) is 0 Å². The SMILES string of the molecule is c1ccc(CN2CCC[C@H]2c2cccnc2NC2CCCCC2)cc1. The molecule has 1 N–H and O–H groups in total. The average Bonchev–Trinajstić information content (AvgIpc) is 3.12. The molecule has 4 rings (SSSR count). The van der Waals surface area contributed by atoms with Gasteiger partial charge in [-0.3, -0.25) is 4.90 Å². The van der Waals surface area contributed by atoms with Gasteiger partial charge in [-0.05, 0) is 43.9 Å². The summed E-state index contributed by atoms with van der Waals surface area (Å²) >= 11 is 0. The summed E-state index contributed by atoms with van der Waals surface area (Å²) in [7, 11) is 0. The summed E-state index contributed by atoms with van der Waals surface area (Å²) in [5.74, 6) is 1.12. The lowest BCUT2D eigenvalue weighted by Crippen LogP contribution is -2.27. The molecule has 1 saturated carbocycles. The zero-order valence-electron chi connectivity index (χ0n) is 15.0. The van der Waals surface area contributed by atoms with Crippen molar-refractivity contribution >= 4 is 5.82 Å². The summed E-state index contributed by atoms with van der Waals surface area (Å²) in [6.07, 6.45) is 11.1. The van der Waals surface area contributed by atoms with Crippen LogP contribution in [0.3, 0.4) is 0 Å². The van der Waals surface area contributed by atoms with Crippen molar-refractivity contribution in [1.82, 2.24) is 9.88 Å². The minimum Gasteiger partial charge on any atom is -0.367 e. The number of hydrogen-bond acceptors (Lipinski definition) is 3. The first-order chi connectivity index (χ1) is 12.4. The summed E-state index contributed by atoms with van der Waals surface area (Å²) < 4.78 is 0. The Morgan fingerprint density at radius 1 is 0.920 bits per heavy atom. The number of likely N-dealkylation sites (tertiary alicyclic amines) is 1. The van der Waals surface area contributed by atoms with Gasteiger partial charge in [0.05, 0.1) is 0 Å². The van der Waals surface area contributed by atoms with E-state index in [0.717, 1.165) is 12.4 Å². The van der Waals surface area contributed by atoms with Crippen LogP contribution in [0.15, 0.2) is 48.7 Å². The number of rotatable bonds is 5. The maximum atomic E-state index is 4.72.